The molecule has 0 saturated carbocycles. The summed E-state index contributed by atoms with van der Waals surface area (Å²) in [6.45, 7) is 7.80. The van der Waals surface area contributed by atoms with Gasteiger partial charge in [0.2, 0.25) is 0 Å². The Morgan fingerprint density at radius 3 is 2.68 bits per heavy atom. The van der Waals surface area contributed by atoms with Crippen molar-refractivity contribution in [1.82, 2.24) is 4.90 Å². The van der Waals surface area contributed by atoms with Crippen LogP contribution < -0.4 is 5.32 Å². The Balaban J connectivity index is 1.87. The van der Waals surface area contributed by atoms with Crippen molar-refractivity contribution >= 4 is 17.3 Å². The van der Waals surface area contributed by atoms with Gasteiger partial charge in [-0.25, -0.2) is 4.39 Å². The molecule has 1 heterocycles. The lowest BCUT2D eigenvalue weighted by Crippen LogP contribution is -2.40. The molecule has 1 aromatic rings. The molecular formula is C15H22ClFN2. The zero-order valence-electron chi connectivity index (χ0n) is 11.6. The van der Waals surface area contributed by atoms with Crippen LogP contribution in [0.5, 0.6) is 0 Å². The molecule has 1 aliphatic rings. The summed E-state index contributed by atoms with van der Waals surface area (Å²) < 4.78 is 13.6. The van der Waals surface area contributed by atoms with E-state index in [1.54, 1.807) is 12.1 Å². The average Bonchev–Trinajstić information content (AvgIpc) is 2.35. The molecule has 1 saturated heterocycles. The van der Waals surface area contributed by atoms with Gasteiger partial charge >= 0.3 is 0 Å². The summed E-state index contributed by atoms with van der Waals surface area (Å²) in [7, 11) is 0. The summed E-state index contributed by atoms with van der Waals surface area (Å²) in [5.41, 5.74) is 0.523. The zero-order valence-corrected chi connectivity index (χ0v) is 12.4. The van der Waals surface area contributed by atoms with Crippen LogP contribution in [0, 0.1) is 11.7 Å². The van der Waals surface area contributed by atoms with E-state index < -0.39 is 0 Å². The lowest BCUT2D eigenvalue weighted by atomic mass is 10.0. The Bertz CT molecular complexity index is 415. The van der Waals surface area contributed by atoms with Gasteiger partial charge in [-0.1, -0.05) is 25.4 Å². The van der Waals surface area contributed by atoms with Gasteiger partial charge < -0.3 is 10.2 Å². The quantitative estimate of drug-likeness (QED) is 0.899. The van der Waals surface area contributed by atoms with Crippen LogP contribution in [0.25, 0.3) is 0 Å². The second kappa shape index (κ2) is 6.58. The van der Waals surface area contributed by atoms with Crippen LogP contribution in [0.15, 0.2) is 18.2 Å². The monoisotopic (exact) mass is 284 g/mol. The maximum absolute atomic E-state index is 13.6. The van der Waals surface area contributed by atoms with Crippen LogP contribution in [-0.4, -0.2) is 30.6 Å². The number of nitrogens with one attached hydrogen (secondary N) is 1. The number of benzene rings is 1. The molecule has 0 aromatic heterocycles. The minimum Gasteiger partial charge on any atom is -0.380 e. The maximum Gasteiger partial charge on any atom is 0.146 e. The third-order valence-electron chi connectivity index (χ3n) is 3.50. The molecule has 0 radical (unpaired) electrons. The van der Waals surface area contributed by atoms with Crippen molar-refractivity contribution in [3.05, 3.63) is 29.0 Å². The first-order chi connectivity index (χ1) is 9.04. The summed E-state index contributed by atoms with van der Waals surface area (Å²) in [5, 5.41) is 3.85. The van der Waals surface area contributed by atoms with Crippen molar-refractivity contribution in [2.24, 2.45) is 5.92 Å². The Morgan fingerprint density at radius 1 is 1.37 bits per heavy atom. The Labute approximate surface area is 119 Å². The third-order valence-corrected chi connectivity index (χ3v) is 3.73. The summed E-state index contributed by atoms with van der Waals surface area (Å²) in [4.78, 5) is 2.48. The summed E-state index contributed by atoms with van der Waals surface area (Å²) >= 11 is 5.90. The molecule has 0 bridgehead atoms. The van der Waals surface area contributed by atoms with E-state index in [4.69, 9.17) is 11.6 Å². The van der Waals surface area contributed by atoms with Gasteiger partial charge in [0.1, 0.15) is 5.82 Å². The van der Waals surface area contributed by atoms with E-state index in [1.807, 2.05) is 0 Å². The highest BCUT2D eigenvalue weighted by molar-refractivity contribution is 6.30. The van der Waals surface area contributed by atoms with Gasteiger partial charge in [-0.2, -0.15) is 0 Å². The van der Waals surface area contributed by atoms with E-state index in [0.717, 1.165) is 32.5 Å². The van der Waals surface area contributed by atoms with E-state index in [1.165, 1.54) is 6.07 Å². The Hall–Kier alpha value is -0.800. The third kappa shape index (κ3) is 4.36. The van der Waals surface area contributed by atoms with Crippen molar-refractivity contribution in [2.45, 2.75) is 32.7 Å². The molecule has 4 heteroatoms. The molecule has 106 valence electrons. The summed E-state index contributed by atoms with van der Waals surface area (Å²) in [6.07, 6.45) is 2.11. The molecule has 1 N–H and O–H groups in total. The number of hydrogen-bond donors (Lipinski definition) is 1. The molecule has 0 atom stereocenters. The first-order valence-electron chi connectivity index (χ1n) is 6.98. The van der Waals surface area contributed by atoms with E-state index in [0.29, 0.717) is 22.7 Å². The second-order valence-electron chi connectivity index (χ2n) is 5.74. The minimum atomic E-state index is -0.228. The van der Waals surface area contributed by atoms with Crippen LogP contribution in [0.1, 0.15) is 26.7 Å². The topological polar surface area (TPSA) is 15.3 Å². The molecule has 2 nitrogen and oxygen atoms in total. The largest absolute Gasteiger partial charge is 0.380 e. The number of hydrogen-bond acceptors (Lipinski definition) is 2. The second-order valence-corrected chi connectivity index (χ2v) is 6.17. The molecule has 0 amide bonds. The Kier molecular flexibility index (Phi) is 5.06. The average molecular weight is 285 g/mol. The van der Waals surface area contributed by atoms with Crippen molar-refractivity contribution < 1.29 is 4.39 Å². The highest BCUT2D eigenvalue weighted by Crippen LogP contribution is 2.23. The zero-order chi connectivity index (χ0) is 13.8. The van der Waals surface area contributed by atoms with E-state index in [2.05, 4.69) is 24.1 Å². The number of anilines is 1. The summed E-state index contributed by atoms with van der Waals surface area (Å²) in [5.74, 6) is 0.476. The summed E-state index contributed by atoms with van der Waals surface area (Å²) in [6, 6.07) is 5.00. The normalized spacial score (nSPS) is 17.9. The molecule has 1 aromatic carbocycles. The van der Waals surface area contributed by atoms with E-state index in [-0.39, 0.29) is 5.82 Å². The molecule has 0 unspecified atom stereocenters. The first-order valence-corrected chi connectivity index (χ1v) is 7.36. The highest BCUT2D eigenvalue weighted by Gasteiger charge is 2.20. The SMILES string of the molecule is CC(C)CN1CCC(Nc2cc(Cl)ccc2F)CC1. The first kappa shape index (κ1) is 14.6. The smallest absolute Gasteiger partial charge is 0.146 e. The number of halogens is 2. The van der Waals surface area contributed by atoms with Crippen LogP contribution in [0.2, 0.25) is 5.02 Å². The Morgan fingerprint density at radius 2 is 2.05 bits per heavy atom. The molecule has 1 fully saturated rings. The van der Waals surface area contributed by atoms with Crippen LogP contribution in [0.3, 0.4) is 0 Å². The number of rotatable bonds is 4. The predicted molar refractivity (Wildman–Crippen MR) is 79.3 cm³/mol. The van der Waals surface area contributed by atoms with E-state index >= 15 is 0 Å². The maximum atomic E-state index is 13.6. The molecule has 2 rings (SSSR count). The highest BCUT2D eigenvalue weighted by atomic mass is 35.5. The number of likely N-dealkylation sites (tertiary alicyclic amines) is 1. The van der Waals surface area contributed by atoms with Gasteiger partial charge in [0, 0.05) is 30.7 Å². The molecular weight excluding hydrogens is 263 g/mol. The molecule has 0 spiro atoms. The van der Waals surface area contributed by atoms with Gasteiger partial charge in [-0.15, -0.1) is 0 Å². The fourth-order valence-electron chi connectivity index (χ4n) is 2.60. The van der Waals surface area contributed by atoms with Crippen molar-refractivity contribution in [3.63, 3.8) is 0 Å². The number of nitrogens with zero attached hydrogens (tertiary/aromatic N) is 1. The van der Waals surface area contributed by atoms with Gasteiger partial charge in [0.25, 0.3) is 0 Å². The van der Waals surface area contributed by atoms with Crippen molar-refractivity contribution in [3.8, 4) is 0 Å². The molecule has 19 heavy (non-hydrogen) atoms. The lowest BCUT2D eigenvalue weighted by molar-refractivity contribution is 0.198. The number of piperidine rings is 1. The van der Waals surface area contributed by atoms with Gasteiger partial charge in [-0.3, -0.25) is 0 Å². The van der Waals surface area contributed by atoms with Crippen molar-refractivity contribution in [1.29, 1.82) is 0 Å². The van der Waals surface area contributed by atoms with Gasteiger partial charge in [0.15, 0.2) is 0 Å². The van der Waals surface area contributed by atoms with Crippen LogP contribution in [-0.2, 0) is 0 Å². The minimum absolute atomic E-state index is 0.228. The van der Waals surface area contributed by atoms with Crippen LogP contribution in [0.4, 0.5) is 10.1 Å². The fraction of sp³-hybridized carbons (Fsp3) is 0.600. The van der Waals surface area contributed by atoms with Gasteiger partial charge in [-0.05, 0) is 37.0 Å². The molecule has 0 aliphatic carbocycles. The lowest BCUT2D eigenvalue weighted by Gasteiger charge is -2.33. The molecule has 1 aliphatic heterocycles. The van der Waals surface area contributed by atoms with Gasteiger partial charge in [0.05, 0.1) is 5.69 Å². The predicted octanol–water partition coefficient (Wildman–Crippen LogP) is 4.01. The fourth-order valence-corrected chi connectivity index (χ4v) is 2.78. The van der Waals surface area contributed by atoms with Crippen LogP contribution >= 0.6 is 11.6 Å². The standard InChI is InChI=1S/C15H22ClFN2/c1-11(2)10-19-7-5-13(6-8-19)18-15-9-12(16)3-4-14(15)17/h3-4,9,11,13,18H,5-8,10H2,1-2H3. The van der Waals surface area contributed by atoms with Crippen molar-refractivity contribution in [2.75, 3.05) is 25.0 Å². The van der Waals surface area contributed by atoms with E-state index in [9.17, 15) is 4.39 Å².